The Morgan fingerprint density at radius 1 is 0.897 bits per heavy atom. The maximum Gasteiger partial charge on any atom is 0.204 e. The Morgan fingerprint density at radius 2 is 1.66 bits per heavy atom. The number of aryl methyl sites for hydroxylation is 1. The average Bonchev–Trinajstić information content (AvgIpc) is 3.22. The third-order valence-electron chi connectivity index (χ3n) is 4.99. The monoisotopic (exact) mass is 403 g/mol. The van der Waals surface area contributed by atoms with E-state index in [0.29, 0.717) is 16.7 Å². The molecule has 0 aliphatic heterocycles. The van der Waals surface area contributed by atoms with Crippen LogP contribution in [0.2, 0.25) is 0 Å². The predicted molar refractivity (Wildman–Crippen MR) is 120 cm³/mol. The number of unbranched alkanes of at least 4 members (excludes halogenated alkanes) is 2. The number of pyridine rings is 1. The Labute approximate surface area is 175 Å². The molecule has 1 atom stereocenters. The summed E-state index contributed by atoms with van der Waals surface area (Å²) in [6.45, 7) is 0. The van der Waals surface area contributed by atoms with E-state index in [0.717, 1.165) is 23.3 Å². The molecule has 0 bridgehead atoms. The average molecular weight is 404 g/mol. The van der Waals surface area contributed by atoms with Gasteiger partial charge in [-0.25, -0.2) is 4.98 Å². The van der Waals surface area contributed by atoms with Crippen LogP contribution in [0.5, 0.6) is 0 Å². The molecule has 3 N–H and O–H groups in total. The lowest BCUT2D eigenvalue weighted by atomic mass is 10.0. The van der Waals surface area contributed by atoms with Gasteiger partial charge in [-0.1, -0.05) is 73.5 Å². The van der Waals surface area contributed by atoms with Crippen molar-refractivity contribution in [1.82, 2.24) is 20.4 Å². The summed E-state index contributed by atoms with van der Waals surface area (Å²) >= 11 is 1.80. The fraction of sp³-hybridized carbons (Fsp3) is 0.261. The van der Waals surface area contributed by atoms with Gasteiger partial charge < -0.3 is 5.73 Å². The number of hydrogen-bond donors (Lipinski definition) is 2. The first kappa shape index (κ1) is 19.5. The summed E-state index contributed by atoms with van der Waals surface area (Å²) in [6, 6.07) is 23.3. The van der Waals surface area contributed by atoms with Crippen LogP contribution in [-0.4, -0.2) is 20.4 Å². The van der Waals surface area contributed by atoms with Crippen molar-refractivity contribution in [3.63, 3.8) is 0 Å². The third kappa shape index (κ3) is 5.15. The second-order valence-corrected chi connectivity index (χ2v) is 8.39. The zero-order chi connectivity index (χ0) is 19.9. The lowest BCUT2D eigenvalue weighted by molar-refractivity contribution is 0.635. The fourth-order valence-electron chi connectivity index (χ4n) is 3.51. The molecule has 5 nitrogen and oxygen atoms in total. The van der Waals surface area contributed by atoms with Crippen LogP contribution in [0.4, 0.5) is 5.82 Å². The first-order valence-corrected chi connectivity index (χ1v) is 10.9. The number of thioether (sulfide) groups is 1. The molecular formula is C23H25N5S. The lowest BCUT2D eigenvalue weighted by Gasteiger charge is -2.17. The van der Waals surface area contributed by atoms with Crippen LogP contribution in [0.25, 0.3) is 11.2 Å². The Hall–Kier alpha value is -2.86. The van der Waals surface area contributed by atoms with Crippen molar-refractivity contribution in [2.24, 2.45) is 0 Å². The zero-order valence-corrected chi connectivity index (χ0v) is 17.1. The molecule has 2 heterocycles. The second kappa shape index (κ2) is 9.56. The van der Waals surface area contributed by atoms with Gasteiger partial charge in [0.1, 0.15) is 11.3 Å². The molecule has 0 spiro atoms. The minimum absolute atomic E-state index is 0.342. The van der Waals surface area contributed by atoms with Crippen molar-refractivity contribution in [1.29, 1.82) is 0 Å². The van der Waals surface area contributed by atoms with E-state index in [2.05, 4.69) is 81.1 Å². The zero-order valence-electron chi connectivity index (χ0n) is 16.3. The highest BCUT2D eigenvalue weighted by molar-refractivity contribution is 7.99. The number of rotatable bonds is 9. The van der Waals surface area contributed by atoms with E-state index in [1.54, 1.807) is 11.8 Å². The van der Waals surface area contributed by atoms with Gasteiger partial charge in [0.25, 0.3) is 0 Å². The van der Waals surface area contributed by atoms with Crippen molar-refractivity contribution >= 4 is 28.7 Å². The van der Waals surface area contributed by atoms with E-state index < -0.39 is 0 Å². The number of nitrogens with zero attached hydrogens (tertiary/aromatic N) is 3. The molecule has 0 aliphatic rings. The van der Waals surface area contributed by atoms with Gasteiger partial charge in [-0.05, 0) is 36.5 Å². The van der Waals surface area contributed by atoms with Gasteiger partial charge in [-0.3, -0.25) is 0 Å². The molecule has 148 valence electrons. The molecule has 0 radical (unpaired) electrons. The summed E-state index contributed by atoms with van der Waals surface area (Å²) in [5.41, 5.74) is 10.1. The lowest BCUT2D eigenvalue weighted by Crippen LogP contribution is -1.97. The highest BCUT2D eigenvalue weighted by Crippen LogP contribution is 2.41. The normalized spacial score (nSPS) is 12.3. The molecule has 0 amide bonds. The number of aromatic nitrogens is 4. The summed E-state index contributed by atoms with van der Waals surface area (Å²) in [5.74, 6) is 0.476. The molecule has 29 heavy (non-hydrogen) atoms. The van der Waals surface area contributed by atoms with Gasteiger partial charge in [-0.15, -0.1) is 16.9 Å². The van der Waals surface area contributed by atoms with E-state index in [-0.39, 0.29) is 0 Å². The van der Waals surface area contributed by atoms with Crippen molar-refractivity contribution in [3.8, 4) is 0 Å². The molecule has 0 aliphatic carbocycles. The number of aromatic amines is 1. The first-order valence-electron chi connectivity index (χ1n) is 10.0. The van der Waals surface area contributed by atoms with Gasteiger partial charge in [0.15, 0.2) is 0 Å². The highest BCUT2D eigenvalue weighted by atomic mass is 32.2. The van der Waals surface area contributed by atoms with Gasteiger partial charge in [0, 0.05) is 10.1 Å². The highest BCUT2D eigenvalue weighted by Gasteiger charge is 2.17. The molecule has 1 unspecified atom stereocenters. The van der Waals surface area contributed by atoms with E-state index in [1.165, 1.54) is 30.4 Å². The quantitative estimate of drug-likeness (QED) is 0.282. The van der Waals surface area contributed by atoms with Crippen LogP contribution in [0.3, 0.4) is 0 Å². The molecule has 0 saturated heterocycles. The second-order valence-electron chi connectivity index (χ2n) is 7.14. The van der Waals surface area contributed by atoms with E-state index in [9.17, 15) is 0 Å². The number of hydrogen-bond acceptors (Lipinski definition) is 5. The Balaban J connectivity index is 1.42. The standard InChI is InChI=1S/C23H25N5S/c24-21-16-20(22-23(25-21)27-28-26-22)29-19(18-13-7-3-8-14-18)15-9-2-6-12-17-10-4-1-5-11-17/h1,3-5,7-8,10-11,13-14,16,19H,2,6,9,12,15H2,(H3,24,25,26,27,28). The maximum absolute atomic E-state index is 5.99. The molecule has 2 aromatic heterocycles. The van der Waals surface area contributed by atoms with Crippen LogP contribution < -0.4 is 5.73 Å². The van der Waals surface area contributed by atoms with E-state index >= 15 is 0 Å². The van der Waals surface area contributed by atoms with Crippen LogP contribution in [0, 0.1) is 0 Å². The van der Waals surface area contributed by atoms with Crippen LogP contribution in [0.1, 0.15) is 42.1 Å². The van der Waals surface area contributed by atoms with Gasteiger partial charge in [-0.2, -0.15) is 10.3 Å². The number of nitrogens with two attached hydrogens (primary N) is 1. The van der Waals surface area contributed by atoms with Crippen molar-refractivity contribution in [2.45, 2.75) is 42.2 Å². The summed E-state index contributed by atoms with van der Waals surface area (Å²) in [4.78, 5) is 5.28. The molecule has 4 aromatic rings. The van der Waals surface area contributed by atoms with Crippen molar-refractivity contribution in [2.75, 3.05) is 5.73 Å². The number of H-pyrrole nitrogens is 1. The van der Waals surface area contributed by atoms with Crippen molar-refractivity contribution in [3.05, 3.63) is 77.9 Å². The SMILES string of the molecule is Nc1cc(SC(CCCCCc2ccccc2)c2ccccc2)c2n[nH]nc2n1. The number of nitrogen functional groups attached to an aromatic ring is 1. The first-order chi connectivity index (χ1) is 14.3. The minimum atomic E-state index is 0.342. The van der Waals surface area contributed by atoms with Gasteiger partial charge >= 0.3 is 0 Å². The predicted octanol–water partition coefficient (Wildman–Crippen LogP) is 5.57. The summed E-state index contributed by atoms with van der Waals surface area (Å²) in [6.07, 6.45) is 5.86. The molecule has 4 rings (SSSR count). The summed E-state index contributed by atoms with van der Waals surface area (Å²) in [5, 5.41) is 11.4. The smallest absolute Gasteiger partial charge is 0.204 e. The van der Waals surface area contributed by atoms with Gasteiger partial charge in [0.2, 0.25) is 5.65 Å². The Bertz CT molecular complexity index is 1030. The number of fused-ring (bicyclic) bond motifs is 1. The summed E-state index contributed by atoms with van der Waals surface area (Å²) in [7, 11) is 0. The molecule has 2 aromatic carbocycles. The Kier molecular flexibility index (Phi) is 6.42. The van der Waals surface area contributed by atoms with E-state index in [1.807, 2.05) is 6.07 Å². The molecule has 0 saturated carbocycles. The Morgan fingerprint density at radius 3 is 2.45 bits per heavy atom. The minimum Gasteiger partial charge on any atom is -0.384 e. The van der Waals surface area contributed by atoms with Crippen molar-refractivity contribution < 1.29 is 0 Å². The molecular weight excluding hydrogens is 378 g/mol. The van der Waals surface area contributed by atoms with E-state index in [4.69, 9.17) is 5.73 Å². The number of anilines is 1. The topological polar surface area (TPSA) is 80.5 Å². The molecule has 0 fully saturated rings. The third-order valence-corrected chi connectivity index (χ3v) is 6.35. The van der Waals surface area contributed by atoms with Crippen LogP contribution in [-0.2, 0) is 6.42 Å². The fourth-order valence-corrected chi connectivity index (χ4v) is 4.83. The largest absolute Gasteiger partial charge is 0.384 e. The van der Waals surface area contributed by atoms with Crippen LogP contribution >= 0.6 is 11.8 Å². The number of nitrogens with one attached hydrogen (secondary N) is 1. The van der Waals surface area contributed by atoms with Crippen LogP contribution in [0.15, 0.2) is 71.6 Å². The molecule has 6 heteroatoms. The number of benzene rings is 2. The summed E-state index contributed by atoms with van der Waals surface area (Å²) < 4.78 is 0. The van der Waals surface area contributed by atoms with Gasteiger partial charge in [0.05, 0.1) is 0 Å². The maximum atomic E-state index is 5.99.